The van der Waals surface area contributed by atoms with Crippen LogP contribution in [0.1, 0.15) is 51.3 Å². The summed E-state index contributed by atoms with van der Waals surface area (Å²) in [5.41, 5.74) is 12.8. The van der Waals surface area contributed by atoms with Crippen LogP contribution >= 0.6 is 0 Å². The summed E-state index contributed by atoms with van der Waals surface area (Å²) in [6, 6.07) is 25.5. The van der Waals surface area contributed by atoms with Crippen LogP contribution in [-0.2, 0) is 10.8 Å². The first-order chi connectivity index (χ1) is 13.8. The molecule has 2 aliphatic carbocycles. The Labute approximate surface area is 173 Å². The molecule has 0 heterocycles. The van der Waals surface area contributed by atoms with Crippen LogP contribution in [0.25, 0.3) is 44.2 Å². The van der Waals surface area contributed by atoms with Crippen LogP contribution in [0.2, 0.25) is 0 Å². The predicted molar refractivity (Wildman–Crippen MR) is 125 cm³/mol. The van der Waals surface area contributed by atoms with E-state index in [0.29, 0.717) is 0 Å². The summed E-state index contributed by atoms with van der Waals surface area (Å²) in [7, 11) is 0. The average molecular weight is 375 g/mol. The van der Waals surface area contributed by atoms with E-state index >= 15 is 0 Å². The van der Waals surface area contributed by atoms with Crippen LogP contribution in [0.5, 0.6) is 0 Å². The molecule has 0 aromatic heterocycles. The van der Waals surface area contributed by atoms with Gasteiger partial charge in [-0.2, -0.15) is 0 Å². The predicted octanol–water partition coefficient (Wildman–Crippen LogP) is 8.09. The van der Waals surface area contributed by atoms with Crippen molar-refractivity contribution in [2.75, 3.05) is 0 Å². The minimum atomic E-state index is -0.0183. The van der Waals surface area contributed by atoms with Crippen LogP contribution < -0.4 is 0 Å². The van der Waals surface area contributed by atoms with Crippen molar-refractivity contribution in [2.24, 2.45) is 0 Å². The Morgan fingerprint density at radius 2 is 1.10 bits per heavy atom. The largest absolute Gasteiger partial charge is 0.0616 e. The van der Waals surface area contributed by atoms with Gasteiger partial charge in [-0.1, -0.05) is 101 Å². The van der Waals surface area contributed by atoms with Gasteiger partial charge in [0.15, 0.2) is 0 Å². The zero-order valence-electron chi connectivity index (χ0n) is 17.9. The zero-order chi connectivity index (χ0) is 20.1. The molecule has 0 heteroatoms. The van der Waals surface area contributed by atoms with Gasteiger partial charge in [0.2, 0.25) is 0 Å². The van der Waals surface area contributed by atoms with Crippen molar-refractivity contribution in [3.63, 3.8) is 0 Å². The lowest BCUT2D eigenvalue weighted by molar-refractivity contribution is 0.582. The Morgan fingerprint density at radius 1 is 0.552 bits per heavy atom. The third-order valence-electron chi connectivity index (χ3n) is 7.19. The van der Waals surface area contributed by atoms with Crippen molar-refractivity contribution in [3.8, 4) is 33.4 Å². The second kappa shape index (κ2) is 5.19. The second-order valence-corrected chi connectivity index (χ2v) is 10.3. The van der Waals surface area contributed by atoms with Crippen molar-refractivity contribution < 1.29 is 0 Å². The van der Waals surface area contributed by atoms with E-state index in [1.165, 1.54) is 60.8 Å². The van der Waals surface area contributed by atoms with E-state index in [1.54, 1.807) is 0 Å². The number of benzene rings is 4. The van der Waals surface area contributed by atoms with E-state index in [0.717, 1.165) is 0 Å². The molecule has 6 rings (SSSR count). The first-order valence-electron chi connectivity index (χ1n) is 10.6. The van der Waals surface area contributed by atoms with Crippen LogP contribution in [0, 0.1) is 0 Å². The summed E-state index contributed by atoms with van der Waals surface area (Å²) < 4.78 is 0. The lowest BCUT2D eigenvalue weighted by Crippen LogP contribution is -2.25. The van der Waals surface area contributed by atoms with Gasteiger partial charge in [-0.3, -0.25) is 0 Å². The van der Waals surface area contributed by atoms with Gasteiger partial charge in [0.1, 0.15) is 0 Å². The van der Waals surface area contributed by atoms with Gasteiger partial charge in [-0.05, 0) is 66.3 Å². The lowest BCUT2D eigenvalue weighted by Gasteiger charge is -2.36. The van der Waals surface area contributed by atoms with Crippen LogP contribution in [0.4, 0.5) is 0 Å². The van der Waals surface area contributed by atoms with Crippen molar-refractivity contribution >= 4 is 10.8 Å². The van der Waals surface area contributed by atoms with Gasteiger partial charge in [0, 0.05) is 5.41 Å². The topological polar surface area (TPSA) is 0 Å². The van der Waals surface area contributed by atoms with Crippen molar-refractivity contribution in [3.05, 3.63) is 83.4 Å². The Hall–Kier alpha value is -2.86. The molecule has 4 aromatic carbocycles. The fraction of sp³-hybridized carbons (Fsp3) is 0.241. The molecular weight excluding hydrogens is 348 g/mol. The van der Waals surface area contributed by atoms with Gasteiger partial charge in [-0.15, -0.1) is 0 Å². The SMILES string of the molecule is CC(C)(C)c1ccc2c(c1)C(C)(C)c1ccc3c4c(ccc-2c14)-c1ccccc1-3. The molecule has 0 atom stereocenters. The van der Waals surface area contributed by atoms with E-state index in [1.807, 2.05) is 0 Å². The highest BCUT2D eigenvalue weighted by molar-refractivity contribution is 6.20. The van der Waals surface area contributed by atoms with Crippen LogP contribution in [0.3, 0.4) is 0 Å². The molecule has 0 spiro atoms. The lowest BCUT2D eigenvalue weighted by atomic mass is 9.67. The standard InChI is InChI=1S/C29H26/c1-28(2,3)17-10-11-20-23-13-12-21-18-8-6-7-9-19(18)22-14-15-24(27(23)26(21)22)29(4,5)25(20)16-17/h6-16H,1-5H3. The van der Waals surface area contributed by atoms with Crippen LogP contribution in [0.15, 0.2) is 66.7 Å². The minimum absolute atomic E-state index is 0.0183. The van der Waals surface area contributed by atoms with E-state index in [9.17, 15) is 0 Å². The molecule has 0 unspecified atom stereocenters. The normalized spacial score (nSPS) is 15.3. The zero-order valence-corrected chi connectivity index (χ0v) is 17.9. The monoisotopic (exact) mass is 374 g/mol. The molecule has 0 N–H and O–H groups in total. The van der Waals surface area contributed by atoms with Crippen molar-refractivity contribution in [1.29, 1.82) is 0 Å². The summed E-state index contributed by atoms with van der Waals surface area (Å²) in [4.78, 5) is 0. The first-order valence-corrected chi connectivity index (χ1v) is 10.6. The highest BCUT2D eigenvalue weighted by atomic mass is 14.4. The molecular formula is C29H26. The smallest absolute Gasteiger partial charge is 0.0159 e. The summed E-state index contributed by atoms with van der Waals surface area (Å²) in [5, 5.41) is 2.90. The Morgan fingerprint density at radius 3 is 1.72 bits per heavy atom. The van der Waals surface area contributed by atoms with Crippen LogP contribution in [-0.4, -0.2) is 0 Å². The summed E-state index contributed by atoms with van der Waals surface area (Å²) >= 11 is 0. The van der Waals surface area contributed by atoms with Crippen molar-refractivity contribution in [2.45, 2.75) is 45.4 Å². The molecule has 0 fully saturated rings. The van der Waals surface area contributed by atoms with Gasteiger partial charge in [-0.25, -0.2) is 0 Å². The Balaban J connectivity index is 1.75. The molecule has 2 aliphatic rings. The van der Waals surface area contributed by atoms with E-state index in [2.05, 4.69) is 101 Å². The number of hydrogen-bond acceptors (Lipinski definition) is 0. The minimum Gasteiger partial charge on any atom is -0.0616 e. The van der Waals surface area contributed by atoms with E-state index in [4.69, 9.17) is 0 Å². The fourth-order valence-electron chi connectivity index (χ4n) is 5.55. The van der Waals surface area contributed by atoms with Crippen molar-refractivity contribution in [1.82, 2.24) is 0 Å². The number of fused-ring (bicyclic) bond motifs is 5. The highest BCUT2D eigenvalue weighted by Gasteiger charge is 2.36. The maximum absolute atomic E-state index is 2.46. The molecule has 0 saturated heterocycles. The summed E-state index contributed by atoms with van der Waals surface area (Å²) in [5.74, 6) is 0. The van der Waals surface area contributed by atoms with Gasteiger partial charge < -0.3 is 0 Å². The molecule has 29 heavy (non-hydrogen) atoms. The molecule has 0 amide bonds. The molecule has 142 valence electrons. The molecule has 4 aromatic rings. The summed E-state index contributed by atoms with van der Waals surface area (Å²) in [6.45, 7) is 11.7. The molecule has 0 bridgehead atoms. The Bertz CT molecular complexity index is 1310. The Kier molecular flexibility index (Phi) is 3.05. The number of hydrogen-bond donors (Lipinski definition) is 0. The quantitative estimate of drug-likeness (QED) is 0.257. The van der Waals surface area contributed by atoms with E-state index in [-0.39, 0.29) is 10.8 Å². The molecule has 0 radical (unpaired) electrons. The van der Waals surface area contributed by atoms with E-state index < -0.39 is 0 Å². The molecule has 0 aliphatic heterocycles. The maximum Gasteiger partial charge on any atom is 0.0159 e. The average Bonchev–Trinajstić information content (AvgIpc) is 3.02. The molecule has 0 saturated carbocycles. The van der Waals surface area contributed by atoms with Gasteiger partial charge >= 0.3 is 0 Å². The highest BCUT2D eigenvalue weighted by Crippen LogP contribution is 2.56. The summed E-state index contributed by atoms with van der Waals surface area (Å²) in [6.07, 6.45) is 0. The third-order valence-corrected chi connectivity index (χ3v) is 7.19. The third kappa shape index (κ3) is 2.04. The second-order valence-electron chi connectivity index (χ2n) is 10.3. The van der Waals surface area contributed by atoms with Gasteiger partial charge in [0.05, 0.1) is 0 Å². The first kappa shape index (κ1) is 17.0. The molecule has 0 nitrogen and oxygen atoms in total. The van der Waals surface area contributed by atoms with Gasteiger partial charge in [0.25, 0.3) is 0 Å². The number of rotatable bonds is 0. The maximum atomic E-state index is 2.46. The fourth-order valence-corrected chi connectivity index (χ4v) is 5.55.